The molecule has 4 N–H and O–H groups in total. The fourth-order valence-corrected chi connectivity index (χ4v) is 2.70. The Balaban J connectivity index is 0.000000575. The van der Waals surface area contributed by atoms with Crippen LogP contribution in [0.5, 0.6) is 0 Å². The molecule has 1 unspecified atom stereocenters. The Labute approximate surface area is 175 Å². The van der Waals surface area contributed by atoms with Gasteiger partial charge in [-0.2, -0.15) is 18.2 Å². The maximum absolute atomic E-state index is 11.2. The molecule has 0 fully saturated rings. The number of rotatable bonds is 7. The minimum atomic E-state index is -4.00. The zero-order valence-corrected chi connectivity index (χ0v) is 17.0. The van der Waals surface area contributed by atoms with E-state index in [2.05, 4.69) is 32.7 Å². The van der Waals surface area contributed by atoms with Gasteiger partial charge in [-0.05, 0) is 42.3 Å². The molecular weight excluding hydrogens is 415 g/mol. The number of nitrogens with zero attached hydrogens (tertiary/aromatic N) is 2. The third-order valence-corrected chi connectivity index (χ3v) is 4.30. The number of hydrogen-bond acceptors (Lipinski definition) is 5. The van der Waals surface area contributed by atoms with E-state index < -0.39 is 17.2 Å². The first-order valence-electron chi connectivity index (χ1n) is 8.91. The number of nitrogens with two attached hydrogens (primary N) is 1. The average Bonchev–Trinajstić information content (AvgIpc) is 2.68. The van der Waals surface area contributed by atoms with Crippen LogP contribution in [0.25, 0.3) is 0 Å². The summed E-state index contributed by atoms with van der Waals surface area (Å²) in [4.78, 5) is 9.22. The third kappa shape index (κ3) is 9.48. The smallest absolute Gasteiger partial charge is 0.370 e. The Hall–Kier alpha value is -2.98. The van der Waals surface area contributed by atoms with Gasteiger partial charge in [0, 0.05) is 25.4 Å². The number of aromatic nitrogens is 2. The SMILES string of the molecule is CC(F)(F)F.NS(=O)c1ccc(Nc2nccc(NCCc3ccccc3)n2)cc1. The van der Waals surface area contributed by atoms with Crippen LogP contribution in [0.15, 0.2) is 71.8 Å². The van der Waals surface area contributed by atoms with Crippen molar-refractivity contribution in [1.29, 1.82) is 0 Å². The molecule has 160 valence electrons. The van der Waals surface area contributed by atoms with Crippen molar-refractivity contribution < 1.29 is 17.4 Å². The summed E-state index contributed by atoms with van der Waals surface area (Å²) in [5.74, 6) is 1.25. The van der Waals surface area contributed by atoms with Crippen LogP contribution in [0.2, 0.25) is 0 Å². The van der Waals surface area contributed by atoms with Gasteiger partial charge in [-0.3, -0.25) is 0 Å². The van der Waals surface area contributed by atoms with E-state index in [1.54, 1.807) is 30.5 Å². The van der Waals surface area contributed by atoms with Crippen molar-refractivity contribution in [2.75, 3.05) is 17.2 Å². The second kappa shape index (κ2) is 11.3. The summed E-state index contributed by atoms with van der Waals surface area (Å²) in [5, 5.41) is 11.8. The highest BCUT2D eigenvalue weighted by Gasteiger charge is 2.15. The van der Waals surface area contributed by atoms with Gasteiger partial charge in [0.1, 0.15) is 16.8 Å². The van der Waals surface area contributed by atoms with E-state index in [1.165, 1.54) is 5.56 Å². The van der Waals surface area contributed by atoms with E-state index in [0.29, 0.717) is 10.8 Å². The Morgan fingerprint density at radius 2 is 1.67 bits per heavy atom. The number of benzene rings is 2. The zero-order valence-electron chi connectivity index (χ0n) is 16.2. The van der Waals surface area contributed by atoms with Crippen LogP contribution in [-0.2, 0) is 17.4 Å². The molecule has 0 bridgehead atoms. The first kappa shape index (κ1) is 23.3. The Kier molecular flexibility index (Phi) is 8.75. The van der Waals surface area contributed by atoms with Crippen LogP contribution in [0.1, 0.15) is 12.5 Å². The van der Waals surface area contributed by atoms with E-state index in [9.17, 15) is 17.4 Å². The van der Waals surface area contributed by atoms with E-state index >= 15 is 0 Å². The number of alkyl halides is 3. The molecule has 6 nitrogen and oxygen atoms in total. The molecule has 0 amide bonds. The molecule has 0 aliphatic carbocycles. The summed E-state index contributed by atoms with van der Waals surface area (Å²) in [6.07, 6.45) is -1.38. The van der Waals surface area contributed by atoms with Crippen molar-refractivity contribution >= 4 is 28.4 Å². The number of anilines is 3. The molecule has 3 rings (SSSR count). The van der Waals surface area contributed by atoms with Crippen molar-refractivity contribution in [2.24, 2.45) is 5.14 Å². The normalized spacial score (nSPS) is 11.8. The van der Waals surface area contributed by atoms with Gasteiger partial charge in [-0.25, -0.2) is 14.3 Å². The van der Waals surface area contributed by atoms with Gasteiger partial charge < -0.3 is 10.6 Å². The minimum Gasteiger partial charge on any atom is -0.370 e. The fraction of sp³-hybridized carbons (Fsp3) is 0.200. The standard InChI is InChI=1S/C18H19N5OS.C2H3F3/c19-25(24)16-8-6-15(7-9-16)22-18-21-13-11-17(23-18)20-12-10-14-4-2-1-3-5-14;1-2(3,4)5/h1-9,11,13H,10,12,19H2,(H2,20,21,22,23);1H3. The van der Waals surface area contributed by atoms with Crippen LogP contribution in [0, 0.1) is 0 Å². The predicted molar refractivity (Wildman–Crippen MR) is 113 cm³/mol. The molecule has 0 radical (unpaired) electrons. The lowest BCUT2D eigenvalue weighted by Gasteiger charge is -2.09. The van der Waals surface area contributed by atoms with Crippen molar-refractivity contribution in [2.45, 2.75) is 24.4 Å². The summed E-state index contributed by atoms with van der Waals surface area (Å²) in [6, 6.07) is 19.1. The third-order valence-electron chi connectivity index (χ3n) is 3.56. The second-order valence-electron chi connectivity index (χ2n) is 6.16. The molecule has 0 saturated carbocycles. The van der Waals surface area contributed by atoms with Gasteiger partial charge in [0.15, 0.2) is 0 Å². The Morgan fingerprint density at radius 1 is 1.03 bits per heavy atom. The largest absolute Gasteiger partial charge is 0.386 e. The van der Waals surface area contributed by atoms with Gasteiger partial charge in [0.25, 0.3) is 0 Å². The van der Waals surface area contributed by atoms with E-state index in [1.807, 2.05) is 24.3 Å². The molecule has 1 heterocycles. The first-order chi connectivity index (χ1) is 14.2. The molecule has 0 spiro atoms. The summed E-state index contributed by atoms with van der Waals surface area (Å²) < 4.78 is 42.3. The van der Waals surface area contributed by atoms with E-state index in [4.69, 9.17) is 5.14 Å². The molecule has 0 aliphatic rings. The van der Waals surface area contributed by atoms with Crippen molar-refractivity contribution in [3.8, 4) is 0 Å². The number of halogens is 3. The van der Waals surface area contributed by atoms with E-state index in [-0.39, 0.29) is 6.92 Å². The minimum absolute atomic E-state index is 0.188. The number of hydrogen-bond donors (Lipinski definition) is 3. The highest BCUT2D eigenvalue weighted by atomic mass is 32.2. The first-order valence-corrected chi connectivity index (χ1v) is 10.1. The van der Waals surface area contributed by atoms with Crippen LogP contribution in [0.3, 0.4) is 0 Å². The van der Waals surface area contributed by atoms with Gasteiger partial charge in [0.05, 0.1) is 4.90 Å². The fourth-order valence-electron chi connectivity index (χ4n) is 2.30. The van der Waals surface area contributed by atoms with Crippen LogP contribution >= 0.6 is 0 Å². The molecule has 30 heavy (non-hydrogen) atoms. The van der Waals surface area contributed by atoms with Crippen molar-refractivity contribution in [3.05, 3.63) is 72.4 Å². The zero-order chi connectivity index (χ0) is 22.0. The van der Waals surface area contributed by atoms with Gasteiger partial charge in [-0.15, -0.1) is 0 Å². The lowest BCUT2D eigenvalue weighted by atomic mass is 10.1. The molecule has 0 saturated heterocycles. The molecule has 10 heteroatoms. The Bertz CT molecular complexity index is 931. The van der Waals surface area contributed by atoms with E-state index in [0.717, 1.165) is 24.5 Å². The maximum atomic E-state index is 11.2. The predicted octanol–water partition coefficient (Wildman–Crippen LogP) is 4.42. The van der Waals surface area contributed by atoms with Gasteiger partial charge in [-0.1, -0.05) is 30.3 Å². The summed E-state index contributed by atoms with van der Waals surface area (Å²) >= 11 is 0. The highest BCUT2D eigenvalue weighted by molar-refractivity contribution is 7.82. The lowest BCUT2D eigenvalue weighted by Crippen LogP contribution is -2.07. The second-order valence-corrected chi connectivity index (χ2v) is 7.22. The molecule has 1 aromatic heterocycles. The van der Waals surface area contributed by atoms with Crippen LogP contribution < -0.4 is 15.8 Å². The monoisotopic (exact) mass is 437 g/mol. The molecule has 2 aromatic carbocycles. The van der Waals surface area contributed by atoms with Gasteiger partial charge in [0.2, 0.25) is 5.95 Å². The summed E-state index contributed by atoms with van der Waals surface area (Å²) in [7, 11) is -1.48. The summed E-state index contributed by atoms with van der Waals surface area (Å²) in [5.41, 5.74) is 2.08. The average molecular weight is 437 g/mol. The van der Waals surface area contributed by atoms with Crippen LogP contribution in [-0.4, -0.2) is 26.9 Å². The highest BCUT2D eigenvalue weighted by Crippen LogP contribution is 2.16. The topological polar surface area (TPSA) is 92.9 Å². The lowest BCUT2D eigenvalue weighted by molar-refractivity contribution is -0.110. The van der Waals surface area contributed by atoms with Crippen molar-refractivity contribution in [1.82, 2.24) is 9.97 Å². The summed E-state index contributed by atoms with van der Waals surface area (Å²) in [6.45, 7) is 0.977. The van der Waals surface area contributed by atoms with Crippen molar-refractivity contribution in [3.63, 3.8) is 0 Å². The Morgan fingerprint density at radius 3 is 2.27 bits per heavy atom. The molecule has 1 atom stereocenters. The number of nitrogens with one attached hydrogen (secondary N) is 2. The molecular formula is C20H22F3N5OS. The van der Waals surface area contributed by atoms with Crippen LogP contribution in [0.4, 0.5) is 30.6 Å². The van der Waals surface area contributed by atoms with Gasteiger partial charge >= 0.3 is 6.18 Å². The quantitative estimate of drug-likeness (QED) is 0.509. The molecule has 3 aromatic rings. The molecule has 0 aliphatic heterocycles. The maximum Gasteiger partial charge on any atom is 0.386 e.